The summed E-state index contributed by atoms with van der Waals surface area (Å²) in [5, 5.41) is 3.05. The van der Waals surface area contributed by atoms with Crippen LogP contribution in [0.4, 0.5) is 10.1 Å². The fraction of sp³-hybridized carbons (Fsp3) is 0.250. The third-order valence-corrected chi connectivity index (χ3v) is 4.97. The van der Waals surface area contributed by atoms with Gasteiger partial charge in [0.05, 0.1) is 18.4 Å². The Labute approximate surface area is 180 Å². The van der Waals surface area contributed by atoms with Gasteiger partial charge in [-0.2, -0.15) is 0 Å². The maximum Gasteiger partial charge on any atom is 0.333 e. The van der Waals surface area contributed by atoms with Crippen LogP contribution in [0.15, 0.2) is 52.2 Å². The molecule has 0 amide bonds. The first-order chi connectivity index (χ1) is 14.7. The molecule has 0 bridgehead atoms. The molecule has 2 aromatic carbocycles. The van der Waals surface area contributed by atoms with Crippen LogP contribution in [0, 0.1) is 5.82 Å². The van der Waals surface area contributed by atoms with Gasteiger partial charge >= 0.3 is 5.69 Å². The molecule has 0 spiro atoms. The average Bonchev–Trinajstić information content (AvgIpc) is 2.72. The molecule has 0 aliphatic heterocycles. The first-order valence-electron chi connectivity index (χ1n) is 9.85. The molecule has 2 N–H and O–H groups in total. The lowest BCUT2D eigenvalue weighted by Crippen LogP contribution is -2.28. The number of aromatic amines is 1. The molecule has 162 valence electrons. The second kappa shape index (κ2) is 8.63. The van der Waals surface area contributed by atoms with Crippen LogP contribution < -0.4 is 21.3 Å². The molecule has 0 saturated heterocycles. The fourth-order valence-electron chi connectivity index (χ4n) is 3.30. The maximum atomic E-state index is 15.7. The molecule has 3 rings (SSSR count). The Hall–Kier alpha value is -3.61. The van der Waals surface area contributed by atoms with Crippen molar-refractivity contribution >= 4 is 17.8 Å². The van der Waals surface area contributed by atoms with E-state index in [1.165, 1.54) is 19.4 Å². The summed E-state index contributed by atoms with van der Waals surface area (Å²) in [6, 6.07) is 10.4. The van der Waals surface area contributed by atoms with E-state index < -0.39 is 22.5 Å². The smallest absolute Gasteiger partial charge is 0.333 e. The summed E-state index contributed by atoms with van der Waals surface area (Å²) in [5.41, 5.74) is 1.19. The molecule has 7 heteroatoms. The first-order valence-corrected chi connectivity index (χ1v) is 9.85. The van der Waals surface area contributed by atoms with Crippen LogP contribution in [0.1, 0.15) is 37.5 Å². The standard InChI is InChI=1S/C24H26FN3O3/c1-24(2,3)18-14-19(28-13-12-20(29)27-23(28)30)21(25)17(22(18)31-5)11-8-15-6-9-16(26-4)10-7-15/h6-14,26H,1-5H3,(H,27,29,30)/b11-8+. The van der Waals surface area contributed by atoms with E-state index in [1.807, 2.05) is 52.1 Å². The van der Waals surface area contributed by atoms with Gasteiger partial charge in [0.15, 0.2) is 5.82 Å². The number of H-pyrrole nitrogens is 1. The summed E-state index contributed by atoms with van der Waals surface area (Å²) in [6.45, 7) is 5.93. The van der Waals surface area contributed by atoms with Crippen LogP contribution in [-0.2, 0) is 5.41 Å². The third-order valence-electron chi connectivity index (χ3n) is 4.97. The number of nitrogens with zero attached hydrogens (tertiary/aromatic N) is 1. The van der Waals surface area contributed by atoms with Gasteiger partial charge in [0.1, 0.15) is 5.75 Å². The minimum atomic E-state index is -0.714. The van der Waals surface area contributed by atoms with Crippen molar-refractivity contribution in [3.8, 4) is 11.4 Å². The van der Waals surface area contributed by atoms with E-state index in [4.69, 9.17) is 4.74 Å². The molecule has 0 saturated carbocycles. The Balaban J connectivity index is 2.26. The van der Waals surface area contributed by atoms with Crippen molar-refractivity contribution < 1.29 is 9.13 Å². The number of aromatic nitrogens is 2. The monoisotopic (exact) mass is 423 g/mol. The number of rotatable bonds is 5. The largest absolute Gasteiger partial charge is 0.496 e. The highest BCUT2D eigenvalue weighted by Gasteiger charge is 2.26. The molecule has 1 aromatic heterocycles. The Morgan fingerprint density at radius 2 is 1.77 bits per heavy atom. The average molecular weight is 423 g/mol. The summed E-state index contributed by atoms with van der Waals surface area (Å²) >= 11 is 0. The Kier molecular flexibility index (Phi) is 6.15. The van der Waals surface area contributed by atoms with Gasteiger partial charge in [-0.05, 0) is 35.3 Å². The lowest BCUT2D eigenvalue weighted by Gasteiger charge is -2.25. The summed E-state index contributed by atoms with van der Waals surface area (Å²) in [6.07, 6.45) is 4.69. The maximum absolute atomic E-state index is 15.7. The van der Waals surface area contributed by atoms with Gasteiger partial charge in [0.25, 0.3) is 5.56 Å². The van der Waals surface area contributed by atoms with E-state index in [9.17, 15) is 9.59 Å². The van der Waals surface area contributed by atoms with Gasteiger partial charge in [-0.25, -0.2) is 9.18 Å². The summed E-state index contributed by atoms with van der Waals surface area (Å²) in [7, 11) is 3.33. The van der Waals surface area contributed by atoms with Crippen LogP contribution >= 0.6 is 0 Å². The van der Waals surface area contributed by atoms with Gasteiger partial charge in [-0.1, -0.05) is 39.0 Å². The van der Waals surface area contributed by atoms with Crippen molar-refractivity contribution in [2.24, 2.45) is 0 Å². The highest BCUT2D eigenvalue weighted by molar-refractivity contribution is 5.76. The normalized spacial score (nSPS) is 11.7. The van der Waals surface area contributed by atoms with E-state index in [0.717, 1.165) is 21.4 Å². The summed E-state index contributed by atoms with van der Waals surface area (Å²) < 4.78 is 22.4. The SMILES string of the molecule is CNc1ccc(/C=C/c2c(F)c(-n3ccc(=O)[nH]c3=O)cc(C(C)(C)C)c2OC)cc1. The molecule has 0 aliphatic carbocycles. The number of benzene rings is 2. The van der Waals surface area contributed by atoms with Gasteiger partial charge in [0.2, 0.25) is 0 Å². The van der Waals surface area contributed by atoms with Crippen molar-refractivity contribution in [1.82, 2.24) is 9.55 Å². The van der Waals surface area contributed by atoms with E-state index in [2.05, 4.69) is 10.3 Å². The highest BCUT2D eigenvalue weighted by Crippen LogP contribution is 2.39. The van der Waals surface area contributed by atoms with E-state index in [-0.39, 0.29) is 11.3 Å². The Morgan fingerprint density at radius 3 is 2.32 bits per heavy atom. The summed E-state index contributed by atoms with van der Waals surface area (Å²) in [4.78, 5) is 26.0. The number of hydrogen-bond donors (Lipinski definition) is 2. The van der Waals surface area contributed by atoms with Gasteiger partial charge in [-0.15, -0.1) is 0 Å². The van der Waals surface area contributed by atoms with Gasteiger partial charge < -0.3 is 10.1 Å². The zero-order valence-electron chi connectivity index (χ0n) is 18.2. The van der Waals surface area contributed by atoms with Gasteiger partial charge in [-0.3, -0.25) is 14.3 Å². The van der Waals surface area contributed by atoms with Crippen molar-refractivity contribution in [3.63, 3.8) is 0 Å². The van der Waals surface area contributed by atoms with Crippen molar-refractivity contribution in [1.29, 1.82) is 0 Å². The molecule has 31 heavy (non-hydrogen) atoms. The molecule has 0 fully saturated rings. The topological polar surface area (TPSA) is 76.1 Å². The predicted molar refractivity (Wildman–Crippen MR) is 123 cm³/mol. The molecule has 0 aliphatic rings. The van der Waals surface area contributed by atoms with Crippen LogP contribution in [-0.4, -0.2) is 23.7 Å². The molecule has 1 heterocycles. The van der Waals surface area contributed by atoms with Crippen LogP contribution in [0.3, 0.4) is 0 Å². The molecular formula is C24H26FN3O3. The number of nitrogens with one attached hydrogen (secondary N) is 2. The van der Waals surface area contributed by atoms with E-state index in [0.29, 0.717) is 5.75 Å². The Morgan fingerprint density at radius 1 is 1.10 bits per heavy atom. The number of methoxy groups -OCH3 is 1. The molecular weight excluding hydrogens is 397 g/mol. The predicted octanol–water partition coefficient (Wildman–Crippen LogP) is 4.18. The molecule has 0 radical (unpaired) electrons. The van der Waals surface area contributed by atoms with Crippen LogP contribution in [0.25, 0.3) is 17.8 Å². The molecule has 0 unspecified atom stereocenters. The number of hydrogen-bond acceptors (Lipinski definition) is 4. The number of ether oxygens (including phenoxy) is 1. The lowest BCUT2D eigenvalue weighted by atomic mass is 9.84. The van der Waals surface area contributed by atoms with E-state index in [1.54, 1.807) is 18.2 Å². The molecule has 6 nitrogen and oxygen atoms in total. The fourth-order valence-corrected chi connectivity index (χ4v) is 3.30. The third kappa shape index (κ3) is 4.60. The second-order valence-corrected chi connectivity index (χ2v) is 8.14. The summed E-state index contributed by atoms with van der Waals surface area (Å²) in [5.74, 6) is -0.226. The number of anilines is 1. The first kappa shape index (κ1) is 22.1. The Bertz CT molecular complexity index is 1230. The van der Waals surface area contributed by atoms with Gasteiger partial charge in [0, 0.05) is 30.6 Å². The highest BCUT2D eigenvalue weighted by atomic mass is 19.1. The van der Waals surface area contributed by atoms with Crippen molar-refractivity contribution in [2.45, 2.75) is 26.2 Å². The zero-order chi connectivity index (χ0) is 22.8. The molecule has 0 atom stereocenters. The zero-order valence-corrected chi connectivity index (χ0v) is 18.2. The second-order valence-electron chi connectivity index (χ2n) is 8.14. The van der Waals surface area contributed by atoms with E-state index >= 15 is 4.39 Å². The number of halogens is 1. The quantitative estimate of drug-likeness (QED) is 0.604. The minimum absolute atomic E-state index is 0.0390. The van der Waals surface area contributed by atoms with Crippen LogP contribution in [0.2, 0.25) is 0 Å². The van der Waals surface area contributed by atoms with Crippen LogP contribution in [0.5, 0.6) is 5.75 Å². The van der Waals surface area contributed by atoms with Crippen molar-refractivity contribution in [2.75, 3.05) is 19.5 Å². The minimum Gasteiger partial charge on any atom is -0.496 e. The molecule has 3 aromatic rings. The lowest BCUT2D eigenvalue weighted by molar-refractivity contribution is 0.392. The van der Waals surface area contributed by atoms with Crippen molar-refractivity contribution in [3.05, 3.63) is 85.9 Å².